The van der Waals surface area contributed by atoms with Crippen LogP contribution in [0.5, 0.6) is 11.5 Å². The molecule has 0 aliphatic carbocycles. The van der Waals surface area contributed by atoms with E-state index in [0.29, 0.717) is 34.8 Å². The van der Waals surface area contributed by atoms with Crippen LogP contribution in [0.15, 0.2) is 99.3 Å². The standard InChI is InChI=1S/C35H32BrIN2O3S/c1-4-23-9-15-28(16-10-23)38-35-39(29-17-11-24(5-2)12-18-29)34(40)32(43-35)21-26-19-30(37)33(31(20-26)41-6-3)42-22-25-7-13-27(36)14-8-25/h7-21H,4-6,22H2,1-3H3/b32-21-,38-35?. The summed E-state index contributed by atoms with van der Waals surface area (Å²) in [5, 5.41) is 0.624. The molecule has 8 heteroatoms. The van der Waals surface area contributed by atoms with Gasteiger partial charge in [-0.2, -0.15) is 0 Å². The van der Waals surface area contributed by atoms with Crippen molar-refractivity contribution in [3.8, 4) is 11.5 Å². The van der Waals surface area contributed by atoms with Crippen LogP contribution in [-0.2, 0) is 24.2 Å². The highest BCUT2D eigenvalue weighted by Gasteiger charge is 2.35. The van der Waals surface area contributed by atoms with Crippen molar-refractivity contribution in [2.75, 3.05) is 11.5 Å². The summed E-state index contributed by atoms with van der Waals surface area (Å²) < 4.78 is 14.1. The number of carbonyl (C=O) groups excluding carboxylic acids is 1. The lowest BCUT2D eigenvalue weighted by atomic mass is 10.1. The van der Waals surface area contributed by atoms with Crippen molar-refractivity contribution in [1.82, 2.24) is 0 Å². The molecule has 0 radical (unpaired) electrons. The minimum atomic E-state index is -0.110. The van der Waals surface area contributed by atoms with E-state index in [1.807, 2.05) is 73.7 Å². The number of carbonyl (C=O) groups is 1. The lowest BCUT2D eigenvalue weighted by molar-refractivity contribution is -0.113. The van der Waals surface area contributed by atoms with E-state index >= 15 is 0 Å². The Morgan fingerprint density at radius 3 is 2.12 bits per heavy atom. The summed E-state index contributed by atoms with van der Waals surface area (Å²) in [4.78, 5) is 21.1. The molecule has 1 amide bonds. The molecule has 1 aliphatic rings. The molecule has 5 nitrogen and oxygen atoms in total. The van der Waals surface area contributed by atoms with Crippen molar-refractivity contribution in [2.45, 2.75) is 40.2 Å². The zero-order chi connectivity index (χ0) is 30.3. The van der Waals surface area contributed by atoms with E-state index in [0.717, 1.165) is 43.4 Å². The van der Waals surface area contributed by atoms with E-state index in [2.05, 4.69) is 76.6 Å². The van der Waals surface area contributed by atoms with Crippen LogP contribution in [0.4, 0.5) is 11.4 Å². The average Bonchev–Trinajstić information content (AvgIpc) is 3.31. The van der Waals surface area contributed by atoms with Crippen LogP contribution < -0.4 is 14.4 Å². The molecule has 1 aliphatic heterocycles. The molecule has 43 heavy (non-hydrogen) atoms. The SMILES string of the molecule is CCOc1cc(/C=C2\SC(=Nc3ccc(CC)cc3)N(c3ccc(CC)cc3)C2=O)cc(I)c1OCc1ccc(Br)cc1. The Labute approximate surface area is 279 Å². The van der Waals surface area contributed by atoms with Gasteiger partial charge in [-0.3, -0.25) is 9.69 Å². The van der Waals surface area contributed by atoms with Crippen molar-refractivity contribution in [2.24, 2.45) is 4.99 Å². The number of nitrogens with zero attached hydrogens (tertiary/aromatic N) is 2. The van der Waals surface area contributed by atoms with Gasteiger partial charge in [-0.15, -0.1) is 0 Å². The van der Waals surface area contributed by atoms with Crippen LogP contribution in [0.1, 0.15) is 43.0 Å². The Kier molecular flexibility index (Phi) is 10.6. The number of hydrogen-bond acceptors (Lipinski definition) is 5. The lowest BCUT2D eigenvalue weighted by Crippen LogP contribution is -2.28. The first-order chi connectivity index (χ1) is 20.9. The number of rotatable bonds is 10. The summed E-state index contributed by atoms with van der Waals surface area (Å²) in [6, 6.07) is 28.3. The third-order valence-electron chi connectivity index (χ3n) is 6.90. The molecule has 0 atom stereocenters. The Morgan fingerprint density at radius 1 is 0.860 bits per heavy atom. The first-order valence-corrected chi connectivity index (χ1v) is 16.9. The van der Waals surface area contributed by atoms with Crippen LogP contribution in [0.2, 0.25) is 0 Å². The number of ether oxygens (including phenoxy) is 2. The second-order valence-corrected chi connectivity index (χ2v) is 13.0. The first-order valence-electron chi connectivity index (χ1n) is 14.2. The van der Waals surface area contributed by atoms with Gasteiger partial charge in [-0.1, -0.05) is 66.2 Å². The van der Waals surface area contributed by atoms with E-state index in [1.165, 1.54) is 22.9 Å². The van der Waals surface area contributed by atoms with E-state index < -0.39 is 0 Å². The van der Waals surface area contributed by atoms with Crippen molar-refractivity contribution in [3.63, 3.8) is 0 Å². The summed E-state index contributed by atoms with van der Waals surface area (Å²) in [7, 11) is 0. The molecular formula is C35H32BrIN2O3S. The Balaban J connectivity index is 1.48. The Morgan fingerprint density at radius 2 is 1.49 bits per heavy atom. The largest absolute Gasteiger partial charge is 0.490 e. The molecule has 1 fully saturated rings. The Bertz CT molecular complexity index is 1650. The second kappa shape index (κ2) is 14.6. The normalized spacial score (nSPS) is 15.0. The van der Waals surface area contributed by atoms with Crippen molar-refractivity contribution in [1.29, 1.82) is 0 Å². The molecule has 1 saturated heterocycles. The molecule has 5 rings (SSSR count). The monoisotopic (exact) mass is 766 g/mol. The van der Waals surface area contributed by atoms with Gasteiger partial charge in [0.15, 0.2) is 16.7 Å². The maximum atomic E-state index is 13.9. The third-order valence-corrected chi connectivity index (χ3v) is 9.20. The molecule has 0 N–H and O–H groups in total. The highest BCUT2D eigenvalue weighted by atomic mass is 127. The highest BCUT2D eigenvalue weighted by Crippen LogP contribution is 2.40. The quantitative estimate of drug-likeness (QED) is 0.119. The predicted octanol–water partition coefficient (Wildman–Crippen LogP) is 9.96. The number of aliphatic imine (C=N–C) groups is 1. The van der Waals surface area contributed by atoms with E-state index in [-0.39, 0.29) is 5.91 Å². The highest BCUT2D eigenvalue weighted by molar-refractivity contribution is 14.1. The Hall–Kier alpha value is -3.08. The van der Waals surface area contributed by atoms with Crippen LogP contribution >= 0.6 is 50.3 Å². The van der Waals surface area contributed by atoms with Crippen molar-refractivity contribution < 1.29 is 14.3 Å². The zero-order valence-corrected chi connectivity index (χ0v) is 28.8. The maximum Gasteiger partial charge on any atom is 0.271 e. The number of amides is 1. The molecule has 0 bridgehead atoms. The molecule has 220 valence electrons. The number of halogens is 2. The molecule has 1 heterocycles. The van der Waals surface area contributed by atoms with Gasteiger partial charge in [0, 0.05) is 4.47 Å². The van der Waals surface area contributed by atoms with Gasteiger partial charge < -0.3 is 9.47 Å². The maximum absolute atomic E-state index is 13.9. The van der Waals surface area contributed by atoms with E-state index in [4.69, 9.17) is 14.5 Å². The topological polar surface area (TPSA) is 51.1 Å². The van der Waals surface area contributed by atoms with Gasteiger partial charge in [0.05, 0.1) is 26.5 Å². The van der Waals surface area contributed by atoms with Gasteiger partial charge in [0.25, 0.3) is 5.91 Å². The summed E-state index contributed by atoms with van der Waals surface area (Å²) in [5.74, 6) is 1.22. The minimum Gasteiger partial charge on any atom is -0.490 e. The lowest BCUT2D eigenvalue weighted by Gasteiger charge is -2.16. The van der Waals surface area contributed by atoms with E-state index in [9.17, 15) is 4.79 Å². The fourth-order valence-corrected chi connectivity index (χ4v) is 6.58. The van der Waals surface area contributed by atoms with Crippen LogP contribution in [0.25, 0.3) is 6.08 Å². The number of anilines is 1. The van der Waals surface area contributed by atoms with Crippen LogP contribution in [0, 0.1) is 3.57 Å². The summed E-state index contributed by atoms with van der Waals surface area (Å²) in [5.41, 5.74) is 5.98. The van der Waals surface area contributed by atoms with Crippen molar-refractivity contribution in [3.05, 3.63) is 120 Å². The predicted molar refractivity (Wildman–Crippen MR) is 191 cm³/mol. The number of thioether (sulfide) groups is 1. The van der Waals surface area contributed by atoms with Gasteiger partial charge in [-0.25, -0.2) is 4.99 Å². The molecule has 0 spiro atoms. The smallest absolute Gasteiger partial charge is 0.271 e. The number of amidine groups is 1. The summed E-state index contributed by atoms with van der Waals surface area (Å²) >= 11 is 7.12. The number of aryl methyl sites for hydroxylation is 2. The third kappa shape index (κ3) is 7.72. The van der Waals surface area contributed by atoms with Crippen LogP contribution in [-0.4, -0.2) is 17.7 Å². The fourth-order valence-electron chi connectivity index (χ4n) is 4.54. The zero-order valence-electron chi connectivity index (χ0n) is 24.3. The van der Waals surface area contributed by atoms with Gasteiger partial charge >= 0.3 is 0 Å². The number of benzene rings is 4. The molecular weight excluding hydrogens is 735 g/mol. The second-order valence-electron chi connectivity index (χ2n) is 9.86. The van der Waals surface area contributed by atoms with Crippen LogP contribution in [0.3, 0.4) is 0 Å². The molecule has 4 aromatic carbocycles. The minimum absolute atomic E-state index is 0.110. The van der Waals surface area contributed by atoms with Gasteiger partial charge in [0.2, 0.25) is 0 Å². The van der Waals surface area contributed by atoms with Crippen molar-refractivity contribution >= 4 is 78.8 Å². The van der Waals surface area contributed by atoms with Gasteiger partial charge in [0.1, 0.15) is 6.61 Å². The molecule has 0 unspecified atom stereocenters. The summed E-state index contributed by atoms with van der Waals surface area (Å²) in [6.07, 6.45) is 3.80. The molecule has 4 aromatic rings. The van der Waals surface area contributed by atoms with Gasteiger partial charge in [-0.05, 0) is 131 Å². The first kappa shape index (κ1) is 31.3. The molecule has 0 saturated carbocycles. The summed E-state index contributed by atoms with van der Waals surface area (Å²) in [6.45, 7) is 7.11. The van der Waals surface area contributed by atoms with E-state index in [1.54, 1.807) is 4.90 Å². The number of hydrogen-bond donors (Lipinski definition) is 0. The molecule has 0 aromatic heterocycles. The average molecular weight is 768 g/mol. The fraction of sp³-hybridized carbons (Fsp3) is 0.200.